The van der Waals surface area contributed by atoms with Crippen molar-refractivity contribution in [3.8, 4) is 0 Å². The topological polar surface area (TPSA) is 71.5 Å². The Kier molecular flexibility index (Phi) is 5.42. The molecule has 0 aromatic carbocycles. The SMILES string of the molecule is CCCC(COC)Nc1ncccc1C(=O)O. The summed E-state index contributed by atoms with van der Waals surface area (Å²) in [5.41, 5.74) is 0.185. The number of carboxylic acid groups (broad SMARTS) is 1. The zero-order chi connectivity index (χ0) is 12.7. The molecule has 1 rings (SSSR count). The number of nitrogens with zero attached hydrogens (tertiary/aromatic N) is 1. The van der Waals surface area contributed by atoms with E-state index in [2.05, 4.69) is 17.2 Å². The van der Waals surface area contributed by atoms with E-state index < -0.39 is 5.97 Å². The summed E-state index contributed by atoms with van der Waals surface area (Å²) in [7, 11) is 1.63. The highest BCUT2D eigenvalue weighted by molar-refractivity contribution is 5.93. The molecule has 0 saturated carbocycles. The van der Waals surface area contributed by atoms with Gasteiger partial charge in [-0.1, -0.05) is 13.3 Å². The van der Waals surface area contributed by atoms with Crippen LogP contribution in [0, 0.1) is 0 Å². The van der Waals surface area contributed by atoms with Gasteiger partial charge in [0.2, 0.25) is 0 Å². The molecule has 0 amide bonds. The normalized spacial score (nSPS) is 12.1. The summed E-state index contributed by atoms with van der Waals surface area (Å²) in [4.78, 5) is 15.1. The van der Waals surface area contributed by atoms with Crippen molar-refractivity contribution in [3.63, 3.8) is 0 Å². The summed E-state index contributed by atoms with van der Waals surface area (Å²) in [5, 5.41) is 12.1. The molecule has 5 heteroatoms. The molecule has 0 bridgehead atoms. The fourth-order valence-electron chi connectivity index (χ4n) is 1.63. The summed E-state index contributed by atoms with van der Waals surface area (Å²) in [6.45, 7) is 2.60. The Balaban J connectivity index is 2.80. The van der Waals surface area contributed by atoms with Gasteiger partial charge in [0, 0.05) is 13.3 Å². The molecule has 94 valence electrons. The Morgan fingerprint density at radius 1 is 1.65 bits per heavy atom. The van der Waals surface area contributed by atoms with Gasteiger partial charge in [0.25, 0.3) is 0 Å². The lowest BCUT2D eigenvalue weighted by Crippen LogP contribution is -2.26. The average Bonchev–Trinajstić information content (AvgIpc) is 2.30. The third-order valence-corrected chi connectivity index (χ3v) is 2.38. The number of aromatic nitrogens is 1. The van der Waals surface area contributed by atoms with E-state index in [0.29, 0.717) is 12.4 Å². The number of pyridine rings is 1. The van der Waals surface area contributed by atoms with Crippen LogP contribution in [-0.4, -0.2) is 35.8 Å². The van der Waals surface area contributed by atoms with E-state index in [4.69, 9.17) is 9.84 Å². The Hall–Kier alpha value is -1.62. The molecule has 0 radical (unpaired) electrons. The second kappa shape index (κ2) is 6.85. The van der Waals surface area contributed by atoms with E-state index in [1.807, 2.05) is 0 Å². The van der Waals surface area contributed by atoms with Crippen LogP contribution in [0.5, 0.6) is 0 Å². The summed E-state index contributed by atoms with van der Waals surface area (Å²) < 4.78 is 5.09. The van der Waals surface area contributed by atoms with Crippen LogP contribution >= 0.6 is 0 Å². The van der Waals surface area contributed by atoms with Gasteiger partial charge in [0.1, 0.15) is 11.4 Å². The van der Waals surface area contributed by atoms with Crippen LogP contribution in [0.1, 0.15) is 30.1 Å². The highest BCUT2D eigenvalue weighted by Gasteiger charge is 2.14. The fraction of sp³-hybridized carbons (Fsp3) is 0.500. The molecule has 2 N–H and O–H groups in total. The average molecular weight is 238 g/mol. The molecule has 0 spiro atoms. The van der Waals surface area contributed by atoms with Crippen molar-refractivity contribution in [1.29, 1.82) is 0 Å². The van der Waals surface area contributed by atoms with E-state index in [1.165, 1.54) is 6.07 Å². The lowest BCUT2D eigenvalue weighted by molar-refractivity contribution is 0.0697. The molecule has 0 aliphatic carbocycles. The maximum atomic E-state index is 11.0. The third kappa shape index (κ3) is 4.03. The smallest absolute Gasteiger partial charge is 0.339 e. The first-order valence-electron chi connectivity index (χ1n) is 5.62. The molecule has 1 aromatic rings. The first-order valence-corrected chi connectivity index (χ1v) is 5.62. The second-order valence-corrected chi connectivity index (χ2v) is 3.79. The predicted molar refractivity (Wildman–Crippen MR) is 65.4 cm³/mol. The van der Waals surface area contributed by atoms with Gasteiger partial charge >= 0.3 is 5.97 Å². The largest absolute Gasteiger partial charge is 0.478 e. The third-order valence-electron chi connectivity index (χ3n) is 2.38. The number of aromatic carboxylic acids is 1. The highest BCUT2D eigenvalue weighted by atomic mass is 16.5. The number of hydrogen-bond donors (Lipinski definition) is 2. The highest BCUT2D eigenvalue weighted by Crippen LogP contribution is 2.14. The van der Waals surface area contributed by atoms with E-state index in [-0.39, 0.29) is 11.6 Å². The number of hydrogen-bond acceptors (Lipinski definition) is 4. The quantitative estimate of drug-likeness (QED) is 0.760. The number of carbonyl (C=O) groups is 1. The molecule has 1 atom stereocenters. The van der Waals surface area contributed by atoms with Gasteiger partial charge in [-0.15, -0.1) is 0 Å². The van der Waals surface area contributed by atoms with Gasteiger partial charge in [-0.3, -0.25) is 0 Å². The predicted octanol–water partition coefficient (Wildman–Crippen LogP) is 2.01. The van der Waals surface area contributed by atoms with Gasteiger partial charge in [-0.25, -0.2) is 9.78 Å². The van der Waals surface area contributed by atoms with Crippen molar-refractivity contribution in [2.24, 2.45) is 0 Å². The monoisotopic (exact) mass is 238 g/mol. The van der Waals surface area contributed by atoms with Crippen molar-refractivity contribution in [2.75, 3.05) is 19.0 Å². The molecular weight excluding hydrogens is 220 g/mol. The Labute approximate surface area is 101 Å². The van der Waals surface area contributed by atoms with Crippen LogP contribution in [0.3, 0.4) is 0 Å². The van der Waals surface area contributed by atoms with Crippen LogP contribution in [0.15, 0.2) is 18.3 Å². The number of anilines is 1. The molecule has 5 nitrogen and oxygen atoms in total. The maximum Gasteiger partial charge on any atom is 0.339 e. The van der Waals surface area contributed by atoms with Gasteiger partial charge in [0.15, 0.2) is 0 Å². The number of methoxy groups -OCH3 is 1. The number of ether oxygens (including phenoxy) is 1. The summed E-state index contributed by atoms with van der Waals surface area (Å²) >= 11 is 0. The van der Waals surface area contributed by atoms with Crippen molar-refractivity contribution in [1.82, 2.24) is 4.98 Å². The molecule has 0 aliphatic rings. The van der Waals surface area contributed by atoms with Crippen molar-refractivity contribution >= 4 is 11.8 Å². The van der Waals surface area contributed by atoms with Crippen molar-refractivity contribution in [3.05, 3.63) is 23.9 Å². The lowest BCUT2D eigenvalue weighted by atomic mass is 10.1. The van der Waals surface area contributed by atoms with Crippen LogP contribution in [0.25, 0.3) is 0 Å². The first kappa shape index (κ1) is 13.4. The van der Waals surface area contributed by atoms with E-state index in [1.54, 1.807) is 19.4 Å². The summed E-state index contributed by atoms with van der Waals surface area (Å²) in [5.74, 6) is -0.580. The Morgan fingerprint density at radius 3 is 3.00 bits per heavy atom. The lowest BCUT2D eigenvalue weighted by Gasteiger charge is -2.18. The molecule has 0 aliphatic heterocycles. The number of carboxylic acids is 1. The van der Waals surface area contributed by atoms with E-state index >= 15 is 0 Å². The molecule has 0 fully saturated rings. The van der Waals surface area contributed by atoms with Crippen LogP contribution in [0.4, 0.5) is 5.82 Å². The second-order valence-electron chi connectivity index (χ2n) is 3.79. The maximum absolute atomic E-state index is 11.0. The van der Waals surface area contributed by atoms with Crippen molar-refractivity contribution < 1.29 is 14.6 Å². The molecular formula is C12H18N2O3. The fourth-order valence-corrected chi connectivity index (χ4v) is 1.63. The van der Waals surface area contributed by atoms with Crippen LogP contribution < -0.4 is 5.32 Å². The minimum atomic E-state index is -0.978. The van der Waals surface area contributed by atoms with Crippen molar-refractivity contribution in [2.45, 2.75) is 25.8 Å². The number of rotatable bonds is 7. The minimum Gasteiger partial charge on any atom is -0.478 e. The van der Waals surface area contributed by atoms with E-state index in [0.717, 1.165) is 12.8 Å². The number of nitrogens with one attached hydrogen (secondary N) is 1. The van der Waals surface area contributed by atoms with Crippen LogP contribution in [-0.2, 0) is 4.74 Å². The Morgan fingerprint density at radius 2 is 2.41 bits per heavy atom. The van der Waals surface area contributed by atoms with Crippen LogP contribution in [0.2, 0.25) is 0 Å². The zero-order valence-electron chi connectivity index (χ0n) is 10.1. The zero-order valence-corrected chi connectivity index (χ0v) is 10.1. The molecule has 1 unspecified atom stereocenters. The first-order chi connectivity index (χ1) is 8.19. The molecule has 0 saturated heterocycles. The summed E-state index contributed by atoms with van der Waals surface area (Å²) in [6.07, 6.45) is 3.48. The summed E-state index contributed by atoms with van der Waals surface area (Å²) in [6, 6.07) is 3.23. The standard InChI is InChI=1S/C12H18N2O3/c1-3-5-9(8-17-2)14-11-10(12(15)16)6-4-7-13-11/h4,6-7,9H,3,5,8H2,1-2H3,(H,13,14)(H,15,16). The van der Waals surface area contributed by atoms with E-state index in [9.17, 15) is 4.79 Å². The van der Waals surface area contributed by atoms with Gasteiger partial charge in [-0.05, 0) is 18.6 Å². The van der Waals surface area contributed by atoms with Gasteiger partial charge in [-0.2, -0.15) is 0 Å². The molecule has 17 heavy (non-hydrogen) atoms. The van der Waals surface area contributed by atoms with Gasteiger partial charge < -0.3 is 15.2 Å². The molecule has 1 aromatic heterocycles. The Bertz CT molecular complexity index is 363. The minimum absolute atomic E-state index is 0.0815. The molecule has 1 heterocycles. The van der Waals surface area contributed by atoms with Gasteiger partial charge in [0.05, 0.1) is 12.6 Å².